The molecule has 0 amide bonds. The van der Waals surface area contributed by atoms with Crippen LogP contribution in [0.15, 0.2) is 121 Å². The predicted molar refractivity (Wildman–Crippen MR) is 190 cm³/mol. The van der Waals surface area contributed by atoms with Crippen molar-refractivity contribution in [3.05, 3.63) is 177 Å². The Balaban J connectivity index is 1.57. The van der Waals surface area contributed by atoms with E-state index in [1.165, 1.54) is 89.0 Å². The van der Waals surface area contributed by atoms with Crippen molar-refractivity contribution in [3.63, 3.8) is 0 Å². The predicted octanol–water partition coefficient (Wildman–Crippen LogP) is 11.6. The lowest BCUT2D eigenvalue weighted by Crippen LogP contribution is -2.36. The normalized spacial score (nSPS) is 19.4. The molecule has 45 heavy (non-hydrogen) atoms. The van der Waals surface area contributed by atoms with Crippen molar-refractivity contribution >= 4 is 0 Å². The molecule has 2 aliphatic rings. The molecule has 0 saturated heterocycles. The van der Waals surface area contributed by atoms with Crippen molar-refractivity contribution in [2.75, 3.05) is 0 Å². The minimum absolute atomic E-state index is 0.244. The van der Waals surface area contributed by atoms with E-state index in [0.717, 1.165) is 6.42 Å². The van der Waals surface area contributed by atoms with E-state index < -0.39 is 0 Å². The maximum Gasteiger partial charge on any atom is 0.0481 e. The van der Waals surface area contributed by atoms with E-state index in [-0.39, 0.29) is 10.8 Å². The van der Waals surface area contributed by atoms with Crippen LogP contribution in [0.25, 0.3) is 33.4 Å². The standard InChI is InChI=1S/C45H40/c1-28-7-15-33(16-8-28)34-25-39-37-21-13-31(4)23-41(37)44(6,35-17-9-29(2)10-18-35)27-45(36-19-11-30(3)12-20-36)42-24-32(5)14-22-38(42)40(26-34)43(39)45/h7-26H,27H2,1-6H3. The van der Waals surface area contributed by atoms with Crippen molar-refractivity contribution < 1.29 is 0 Å². The van der Waals surface area contributed by atoms with Crippen LogP contribution in [-0.2, 0) is 10.8 Å². The van der Waals surface area contributed by atoms with E-state index in [2.05, 4.69) is 163 Å². The van der Waals surface area contributed by atoms with Gasteiger partial charge in [-0.15, -0.1) is 0 Å². The Morgan fingerprint density at radius 3 is 1.40 bits per heavy atom. The van der Waals surface area contributed by atoms with Crippen molar-refractivity contribution in [3.8, 4) is 33.4 Å². The second-order valence-electron chi connectivity index (χ2n) is 14.1. The van der Waals surface area contributed by atoms with Crippen molar-refractivity contribution in [1.29, 1.82) is 0 Å². The van der Waals surface area contributed by atoms with E-state index in [4.69, 9.17) is 0 Å². The molecule has 0 fully saturated rings. The molecule has 0 aliphatic heterocycles. The summed E-state index contributed by atoms with van der Waals surface area (Å²) < 4.78 is 0. The first-order chi connectivity index (χ1) is 21.7. The van der Waals surface area contributed by atoms with E-state index >= 15 is 0 Å². The van der Waals surface area contributed by atoms with Crippen LogP contribution >= 0.6 is 0 Å². The van der Waals surface area contributed by atoms with Gasteiger partial charge in [0.1, 0.15) is 0 Å². The zero-order valence-corrected chi connectivity index (χ0v) is 27.3. The fourth-order valence-electron chi connectivity index (χ4n) is 8.40. The summed E-state index contributed by atoms with van der Waals surface area (Å²) in [4.78, 5) is 0. The summed E-state index contributed by atoms with van der Waals surface area (Å²) in [5.74, 6) is 0. The van der Waals surface area contributed by atoms with Crippen LogP contribution < -0.4 is 0 Å². The fourth-order valence-corrected chi connectivity index (χ4v) is 8.40. The molecule has 6 aromatic rings. The van der Waals surface area contributed by atoms with E-state index in [1.54, 1.807) is 0 Å². The van der Waals surface area contributed by atoms with Gasteiger partial charge in [0.25, 0.3) is 0 Å². The number of hydrogen-bond donors (Lipinski definition) is 0. The van der Waals surface area contributed by atoms with Gasteiger partial charge in [-0.1, -0.05) is 144 Å². The van der Waals surface area contributed by atoms with Crippen molar-refractivity contribution in [2.45, 2.75) is 58.8 Å². The van der Waals surface area contributed by atoms with Crippen LogP contribution in [0.3, 0.4) is 0 Å². The molecule has 6 aromatic carbocycles. The molecule has 0 N–H and O–H groups in total. The Bertz CT molecular complexity index is 2110. The van der Waals surface area contributed by atoms with Crippen LogP contribution in [0.2, 0.25) is 0 Å². The summed E-state index contributed by atoms with van der Waals surface area (Å²) in [6.07, 6.45) is 0.947. The van der Waals surface area contributed by atoms with Gasteiger partial charge in [0.05, 0.1) is 0 Å². The molecular formula is C45H40. The molecule has 0 heterocycles. The minimum Gasteiger partial charge on any atom is -0.0590 e. The zero-order chi connectivity index (χ0) is 31.1. The summed E-state index contributed by atoms with van der Waals surface area (Å²) in [6, 6.07) is 47.2. The highest BCUT2D eigenvalue weighted by molar-refractivity contribution is 5.96. The van der Waals surface area contributed by atoms with Crippen LogP contribution in [0.1, 0.15) is 69.0 Å². The monoisotopic (exact) mass is 580 g/mol. The maximum absolute atomic E-state index is 2.51. The van der Waals surface area contributed by atoms with Gasteiger partial charge >= 0.3 is 0 Å². The SMILES string of the molecule is Cc1ccc(-c2cc3c4c(c2)-c2ccc(C)cc2C4(c2ccc(C)cc2)CC(C)(c2ccc(C)cc2)c2cc(C)ccc2-3)cc1. The highest BCUT2D eigenvalue weighted by Gasteiger charge is 2.53. The lowest BCUT2D eigenvalue weighted by atomic mass is 9.60. The molecule has 0 saturated carbocycles. The van der Waals surface area contributed by atoms with E-state index in [0.29, 0.717) is 0 Å². The number of benzene rings is 6. The molecule has 0 heteroatoms. The Morgan fingerprint density at radius 1 is 0.400 bits per heavy atom. The van der Waals surface area contributed by atoms with Crippen LogP contribution in [0.5, 0.6) is 0 Å². The number of fused-ring (bicyclic) bond motifs is 5. The second-order valence-corrected chi connectivity index (χ2v) is 14.1. The summed E-state index contributed by atoms with van der Waals surface area (Å²) in [5, 5.41) is 0. The molecule has 2 unspecified atom stereocenters. The fraction of sp³-hybridized carbons (Fsp3) is 0.200. The smallest absolute Gasteiger partial charge is 0.0481 e. The number of aryl methyl sites for hydroxylation is 5. The summed E-state index contributed by atoms with van der Waals surface area (Å²) >= 11 is 0. The van der Waals surface area contributed by atoms with Crippen LogP contribution in [0.4, 0.5) is 0 Å². The lowest BCUT2D eigenvalue weighted by molar-refractivity contribution is 0.427. The molecule has 220 valence electrons. The summed E-state index contributed by atoms with van der Waals surface area (Å²) in [6.45, 7) is 13.6. The van der Waals surface area contributed by atoms with Crippen molar-refractivity contribution in [1.82, 2.24) is 0 Å². The molecule has 0 nitrogen and oxygen atoms in total. The first kappa shape index (κ1) is 27.8. The largest absolute Gasteiger partial charge is 0.0590 e. The average Bonchev–Trinajstić information content (AvgIpc) is 3.25. The topological polar surface area (TPSA) is 0 Å². The van der Waals surface area contributed by atoms with Gasteiger partial charge in [-0.3, -0.25) is 0 Å². The lowest BCUT2D eigenvalue weighted by Gasteiger charge is -2.41. The maximum atomic E-state index is 2.51. The van der Waals surface area contributed by atoms with Crippen LogP contribution in [-0.4, -0.2) is 0 Å². The quantitative estimate of drug-likeness (QED) is 0.195. The molecule has 2 atom stereocenters. The molecule has 8 rings (SSSR count). The Kier molecular flexibility index (Phi) is 6.13. The molecule has 2 aliphatic carbocycles. The highest BCUT2D eigenvalue weighted by atomic mass is 14.5. The second kappa shape index (κ2) is 9.91. The van der Waals surface area contributed by atoms with Gasteiger partial charge in [-0.05, 0) is 114 Å². The molecular weight excluding hydrogens is 540 g/mol. The van der Waals surface area contributed by atoms with Gasteiger partial charge in [0, 0.05) is 10.8 Å². The van der Waals surface area contributed by atoms with Gasteiger partial charge in [0.15, 0.2) is 0 Å². The summed E-state index contributed by atoms with van der Waals surface area (Å²) in [5.41, 5.74) is 21.0. The van der Waals surface area contributed by atoms with Gasteiger partial charge in [-0.25, -0.2) is 0 Å². The van der Waals surface area contributed by atoms with E-state index in [9.17, 15) is 0 Å². The van der Waals surface area contributed by atoms with E-state index in [1.807, 2.05) is 0 Å². The van der Waals surface area contributed by atoms with Gasteiger partial charge in [0.2, 0.25) is 0 Å². The van der Waals surface area contributed by atoms with Gasteiger partial charge < -0.3 is 0 Å². The van der Waals surface area contributed by atoms with Crippen molar-refractivity contribution in [2.24, 2.45) is 0 Å². The Labute approximate surface area is 268 Å². The molecule has 0 bridgehead atoms. The third kappa shape index (κ3) is 4.12. The first-order valence-electron chi connectivity index (χ1n) is 16.3. The highest BCUT2D eigenvalue weighted by Crippen LogP contribution is 2.64. The minimum atomic E-state index is -0.321. The Hall–Kier alpha value is -4.68. The molecule has 0 aromatic heterocycles. The van der Waals surface area contributed by atoms with Gasteiger partial charge in [-0.2, -0.15) is 0 Å². The zero-order valence-electron chi connectivity index (χ0n) is 27.3. The number of rotatable bonds is 3. The summed E-state index contributed by atoms with van der Waals surface area (Å²) in [7, 11) is 0. The third-order valence-electron chi connectivity index (χ3n) is 10.8. The third-order valence-corrected chi connectivity index (χ3v) is 10.8. The number of hydrogen-bond acceptors (Lipinski definition) is 0. The van der Waals surface area contributed by atoms with Crippen LogP contribution in [0, 0.1) is 34.6 Å². The first-order valence-corrected chi connectivity index (χ1v) is 16.3. The Morgan fingerprint density at radius 2 is 0.844 bits per heavy atom. The average molecular weight is 581 g/mol. The molecule has 0 spiro atoms. The molecule has 0 radical (unpaired) electrons.